The highest BCUT2D eigenvalue weighted by Gasteiger charge is 2.41. The zero-order valence-electron chi connectivity index (χ0n) is 12.9. The first kappa shape index (κ1) is 19.7. The molecule has 0 N–H and O–H groups in total. The Bertz CT molecular complexity index is 588. The van der Waals surface area contributed by atoms with Crippen molar-refractivity contribution in [1.82, 2.24) is 4.98 Å². The summed E-state index contributed by atoms with van der Waals surface area (Å²) in [6, 6.07) is 0. The predicted molar refractivity (Wildman–Crippen MR) is 75.9 cm³/mol. The van der Waals surface area contributed by atoms with E-state index in [1.165, 1.54) is 13.8 Å². The summed E-state index contributed by atoms with van der Waals surface area (Å²) in [5.74, 6) is -1.23. The van der Waals surface area contributed by atoms with Crippen LogP contribution in [0.1, 0.15) is 54.5 Å². The van der Waals surface area contributed by atoms with Gasteiger partial charge in [-0.1, -0.05) is 13.8 Å². The summed E-state index contributed by atoms with van der Waals surface area (Å²) >= 11 is 0.931. The Morgan fingerprint density at radius 3 is 2.26 bits per heavy atom. The van der Waals surface area contributed by atoms with Crippen LogP contribution in [0.2, 0.25) is 0 Å². The van der Waals surface area contributed by atoms with Crippen LogP contribution in [0.25, 0.3) is 0 Å². The molecule has 1 heterocycles. The van der Waals surface area contributed by atoms with Crippen molar-refractivity contribution in [3.8, 4) is 0 Å². The van der Waals surface area contributed by atoms with E-state index < -0.39 is 35.5 Å². The fourth-order valence-corrected chi connectivity index (χ4v) is 2.91. The Balaban J connectivity index is 3.73. The van der Waals surface area contributed by atoms with Gasteiger partial charge in [0, 0.05) is 10.1 Å². The summed E-state index contributed by atoms with van der Waals surface area (Å²) in [6.45, 7) is 5.88. The van der Waals surface area contributed by atoms with Gasteiger partial charge in [0.15, 0.2) is 5.69 Å². The van der Waals surface area contributed by atoms with E-state index in [1.807, 2.05) is 0 Å². The predicted octanol–water partition coefficient (Wildman–Crippen LogP) is 5.02. The molecule has 0 saturated heterocycles. The lowest BCUT2D eigenvalue weighted by Gasteiger charge is -2.20. The Labute approximate surface area is 134 Å². The van der Waals surface area contributed by atoms with Gasteiger partial charge in [-0.25, -0.2) is 18.6 Å². The smallest absolute Gasteiger partial charge is 0.434 e. The van der Waals surface area contributed by atoms with Crippen LogP contribution < -0.4 is 0 Å². The quantitative estimate of drug-likeness (QED) is 0.421. The van der Waals surface area contributed by atoms with Crippen molar-refractivity contribution in [1.29, 1.82) is 0 Å². The SMILES string of the molecule is CCOC(=O)c1c(C(F)(F)F)nc(C(F)F)c(SC(C)C)c1C. The van der Waals surface area contributed by atoms with E-state index >= 15 is 0 Å². The second-order valence-electron chi connectivity index (χ2n) is 4.86. The van der Waals surface area contributed by atoms with E-state index in [9.17, 15) is 26.7 Å². The molecule has 0 aromatic carbocycles. The van der Waals surface area contributed by atoms with Crippen molar-refractivity contribution in [3.05, 3.63) is 22.5 Å². The van der Waals surface area contributed by atoms with Crippen LogP contribution in [0.3, 0.4) is 0 Å². The highest BCUT2D eigenvalue weighted by molar-refractivity contribution is 8.00. The number of nitrogens with zero attached hydrogens (tertiary/aromatic N) is 1. The first-order valence-corrected chi connectivity index (χ1v) is 7.62. The van der Waals surface area contributed by atoms with Gasteiger partial charge in [0.2, 0.25) is 0 Å². The Morgan fingerprint density at radius 1 is 1.30 bits per heavy atom. The fraction of sp³-hybridized carbons (Fsp3) is 0.571. The van der Waals surface area contributed by atoms with Crippen molar-refractivity contribution < 1.29 is 31.5 Å². The molecule has 9 heteroatoms. The number of hydrogen-bond donors (Lipinski definition) is 0. The number of aromatic nitrogens is 1. The number of carbonyl (C=O) groups is 1. The Hall–Kier alpha value is -1.38. The molecule has 3 nitrogen and oxygen atoms in total. The van der Waals surface area contributed by atoms with Gasteiger partial charge in [-0.05, 0) is 19.4 Å². The largest absolute Gasteiger partial charge is 0.462 e. The van der Waals surface area contributed by atoms with E-state index in [2.05, 4.69) is 9.72 Å². The molecule has 0 atom stereocenters. The molecular formula is C14H16F5NO2S. The molecule has 1 aromatic heterocycles. The van der Waals surface area contributed by atoms with Crippen molar-refractivity contribution in [2.24, 2.45) is 0 Å². The minimum atomic E-state index is -5.04. The van der Waals surface area contributed by atoms with Gasteiger partial charge in [0.05, 0.1) is 12.2 Å². The average molecular weight is 357 g/mol. The summed E-state index contributed by atoms with van der Waals surface area (Å²) in [5.41, 5.74) is -3.62. The first-order chi connectivity index (χ1) is 10.5. The van der Waals surface area contributed by atoms with Crippen LogP contribution >= 0.6 is 11.8 Å². The number of esters is 1. The normalized spacial score (nSPS) is 12.1. The Kier molecular flexibility index (Phi) is 6.38. The number of carbonyl (C=O) groups excluding carboxylic acids is 1. The van der Waals surface area contributed by atoms with Crippen LogP contribution in [-0.2, 0) is 10.9 Å². The molecule has 0 aliphatic rings. The minimum absolute atomic E-state index is 0.119. The van der Waals surface area contributed by atoms with E-state index in [0.717, 1.165) is 11.8 Å². The molecule has 0 fully saturated rings. The first-order valence-electron chi connectivity index (χ1n) is 6.74. The molecule has 0 unspecified atom stereocenters. The highest BCUT2D eigenvalue weighted by atomic mass is 32.2. The fourth-order valence-electron chi connectivity index (χ4n) is 1.90. The summed E-state index contributed by atoms with van der Waals surface area (Å²) in [4.78, 5) is 14.8. The van der Waals surface area contributed by atoms with Crippen molar-refractivity contribution >= 4 is 17.7 Å². The van der Waals surface area contributed by atoms with Crippen molar-refractivity contribution in [2.45, 2.75) is 50.4 Å². The number of halogens is 5. The van der Waals surface area contributed by atoms with Gasteiger partial charge < -0.3 is 4.74 Å². The van der Waals surface area contributed by atoms with Gasteiger partial charge in [0.1, 0.15) is 5.69 Å². The number of rotatable bonds is 5. The zero-order chi connectivity index (χ0) is 17.9. The summed E-state index contributed by atoms with van der Waals surface area (Å²) < 4.78 is 70.4. The zero-order valence-corrected chi connectivity index (χ0v) is 13.7. The molecule has 0 saturated carbocycles. The molecule has 0 amide bonds. The molecule has 130 valence electrons. The minimum Gasteiger partial charge on any atom is -0.462 e. The monoisotopic (exact) mass is 357 g/mol. The van der Waals surface area contributed by atoms with Crippen LogP contribution in [0.5, 0.6) is 0 Å². The average Bonchev–Trinajstić information content (AvgIpc) is 2.38. The lowest BCUT2D eigenvalue weighted by molar-refractivity contribution is -0.142. The molecule has 1 rings (SSSR count). The topological polar surface area (TPSA) is 39.2 Å². The number of hydrogen-bond acceptors (Lipinski definition) is 4. The second kappa shape index (κ2) is 7.46. The van der Waals surface area contributed by atoms with Gasteiger partial charge in [0.25, 0.3) is 6.43 Å². The van der Waals surface area contributed by atoms with Gasteiger partial charge in [-0.15, -0.1) is 11.8 Å². The molecular weight excluding hydrogens is 341 g/mol. The molecule has 0 spiro atoms. The van der Waals surface area contributed by atoms with Crippen LogP contribution in [-0.4, -0.2) is 22.8 Å². The molecule has 0 aliphatic heterocycles. The van der Waals surface area contributed by atoms with Gasteiger partial charge >= 0.3 is 12.1 Å². The molecule has 0 aliphatic carbocycles. The molecule has 23 heavy (non-hydrogen) atoms. The third-order valence-corrected chi connectivity index (χ3v) is 3.95. The van der Waals surface area contributed by atoms with E-state index in [-0.39, 0.29) is 22.3 Å². The highest BCUT2D eigenvalue weighted by Crippen LogP contribution is 2.41. The van der Waals surface area contributed by atoms with Crippen LogP contribution in [0, 0.1) is 6.92 Å². The van der Waals surface area contributed by atoms with Gasteiger partial charge in [-0.3, -0.25) is 0 Å². The van der Waals surface area contributed by atoms with Crippen molar-refractivity contribution in [3.63, 3.8) is 0 Å². The molecule has 0 bridgehead atoms. The maximum atomic E-state index is 13.1. The maximum absolute atomic E-state index is 13.1. The third-order valence-electron chi connectivity index (χ3n) is 2.73. The number of alkyl halides is 5. The van der Waals surface area contributed by atoms with E-state index in [0.29, 0.717) is 0 Å². The molecule has 1 aromatic rings. The standard InChI is InChI=1S/C14H16F5NO2S/c1-5-22-13(21)8-7(4)10(23-6(2)3)9(12(15)16)20-11(8)14(17,18)19/h6,12H,5H2,1-4H3. The van der Waals surface area contributed by atoms with Crippen LogP contribution in [0.4, 0.5) is 22.0 Å². The van der Waals surface area contributed by atoms with Gasteiger partial charge in [-0.2, -0.15) is 13.2 Å². The Morgan fingerprint density at radius 2 is 1.87 bits per heavy atom. The lowest BCUT2D eigenvalue weighted by atomic mass is 10.1. The third kappa shape index (κ3) is 4.55. The van der Waals surface area contributed by atoms with Crippen LogP contribution in [0.15, 0.2) is 4.90 Å². The number of thioether (sulfide) groups is 1. The summed E-state index contributed by atoms with van der Waals surface area (Å²) in [7, 11) is 0. The second-order valence-corrected chi connectivity index (χ2v) is 6.45. The number of ether oxygens (including phenoxy) is 1. The van der Waals surface area contributed by atoms with E-state index in [4.69, 9.17) is 0 Å². The van der Waals surface area contributed by atoms with E-state index in [1.54, 1.807) is 13.8 Å². The maximum Gasteiger partial charge on any atom is 0.434 e. The molecule has 0 radical (unpaired) electrons. The summed E-state index contributed by atoms with van der Waals surface area (Å²) in [6.07, 6.45) is -8.23. The van der Waals surface area contributed by atoms with Crippen molar-refractivity contribution in [2.75, 3.05) is 6.61 Å². The lowest BCUT2D eigenvalue weighted by Crippen LogP contribution is -2.21. The number of pyridine rings is 1. The summed E-state index contributed by atoms with van der Waals surface area (Å²) in [5, 5.41) is -0.181.